The van der Waals surface area contributed by atoms with Gasteiger partial charge < -0.3 is 25.4 Å². The Kier molecular flexibility index (Phi) is 19.2. The molecule has 3 aromatic carbocycles. The van der Waals surface area contributed by atoms with E-state index in [0.29, 0.717) is 53.1 Å². The highest BCUT2D eigenvalue weighted by molar-refractivity contribution is 6.31. The van der Waals surface area contributed by atoms with Gasteiger partial charge >= 0.3 is 30.3 Å². The molecule has 0 bridgehead atoms. The van der Waals surface area contributed by atoms with E-state index in [-0.39, 0.29) is 41.0 Å². The second kappa shape index (κ2) is 24.9. The number of alkyl halides is 4. The van der Waals surface area contributed by atoms with Crippen LogP contribution >= 0.6 is 11.6 Å². The number of ether oxygens (including phenoxy) is 2. The first-order chi connectivity index (χ1) is 32.6. The molecule has 6 aromatic rings. The van der Waals surface area contributed by atoms with Gasteiger partial charge in [0.15, 0.2) is 17.5 Å². The van der Waals surface area contributed by atoms with E-state index < -0.39 is 30.3 Å². The van der Waals surface area contributed by atoms with Gasteiger partial charge in [-0.3, -0.25) is 42.2 Å². The Bertz CT molecular complexity index is 2670. The Morgan fingerprint density at radius 3 is 1.42 bits per heavy atom. The second-order valence-corrected chi connectivity index (χ2v) is 14.2. The van der Waals surface area contributed by atoms with Gasteiger partial charge in [-0.05, 0) is 87.0 Å². The molecule has 6 amide bonds. The number of aryl methyl sites for hydroxylation is 3. The fourth-order valence-electron chi connectivity index (χ4n) is 5.03. The number of halogens is 5. The predicted molar refractivity (Wildman–Crippen MR) is 247 cm³/mol. The van der Waals surface area contributed by atoms with Gasteiger partial charge in [0.2, 0.25) is 17.8 Å². The Balaban J connectivity index is 0.000000227. The third-order valence-electron chi connectivity index (χ3n) is 7.72. The van der Waals surface area contributed by atoms with Gasteiger partial charge in [-0.15, -0.1) is 0 Å². The summed E-state index contributed by atoms with van der Waals surface area (Å²) in [6, 6.07) is 18.9. The molecule has 0 aliphatic rings. The number of nitrogens with one attached hydrogen (secondary N) is 9. The fourth-order valence-corrected chi connectivity index (χ4v) is 5.21. The Hall–Kier alpha value is -8.40. The number of rotatable bonds is 14. The first-order valence-electron chi connectivity index (χ1n) is 19.6. The highest BCUT2D eigenvalue weighted by Gasteiger charge is 2.24. The lowest BCUT2D eigenvalue weighted by molar-refractivity contribution is -0.159. The maximum Gasteiger partial charge on any atom is 0.394 e. The van der Waals surface area contributed by atoms with Gasteiger partial charge in [0, 0.05) is 71.7 Å². The summed E-state index contributed by atoms with van der Waals surface area (Å²) in [6.07, 6.45) is -5.17. The van der Waals surface area contributed by atoms with E-state index in [1.165, 1.54) is 74.0 Å². The quantitative estimate of drug-likeness (QED) is 0.0357. The van der Waals surface area contributed by atoms with Gasteiger partial charge in [0.25, 0.3) is 0 Å². The van der Waals surface area contributed by atoms with Gasteiger partial charge in [-0.25, -0.2) is 34.8 Å². The smallest absolute Gasteiger partial charge is 0.394 e. The zero-order valence-corrected chi connectivity index (χ0v) is 37.8. The maximum atomic E-state index is 12.8. The molecule has 6 rings (SSSR count). The molecule has 0 saturated carbocycles. The molecule has 0 aliphatic carbocycles. The number of amides is 6. The molecular formula is C41H44ClF4N15O8. The number of hydrogen-bond donors (Lipinski definition) is 11. The molecular weight excluding hydrogens is 942 g/mol. The molecule has 69 heavy (non-hydrogen) atoms. The van der Waals surface area contributed by atoms with Crippen LogP contribution in [0.1, 0.15) is 30.8 Å². The molecule has 0 saturated heterocycles. The van der Waals surface area contributed by atoms with Crippen LogP contribution in [-0.4, -0.2) is 77.7 Å². The van der Waals surface area contributed by atoms with Crippen LogP contribution in [0.25, 0.3) is 0 Å². The largest absolute Gasteiger partial charge is 0.433 e. The molecule has 0 fully saturated rings. The van der Waals surface area contributed by atoms with Crippen LogP contribution in [0, 0.1) is 20.8 Å². The van der Waals surface area contributed by atoms with Gasteiger partial charge in [-0.2, -0.15) is 32.5 Å². The number of anilines is 9. The van der Waals surface area contributed by atoms with Crippen molar-refractivity contribution in [3.05, 3.63) is 113 Å². The van der Waals surface area contributed by atoms with Crippen LogP contribution in [0.2, 0.25) is 5.02 Å². The molecule has 0 radical (unpaired) electrons. The summed E-state index contributed by atoms with van der Waals surface area (Å²) in [5.41, 5.74) is 9.61. The van der Waals surface area contributed by atoms with Crippen LogP contribution in [0.5, 0.6) is 11.5 Å². The summed E-state index contributed by atoms with van der Waals surface area (Å²) < 4.78 is 59.7. The van der Waals surface area contributed by atoms with E-state index >= 15 is 0 Å². The summed E-state index contributed by atoms with van der Waals surface area (Å²) in [6.45, 7) is 6.53. The van der Waals surface area contributed by atoms with Crippen LogP contribution in [-0.2, 0) is 4.84 Å². The summed E-state index contributed by atoms with van der Waals surface area (Å²) in [5.74, 6) is 0.739. The molecule has 0 atom stereocenters. The van der Waals surface area contributed by atoms with Crippen molar-refractivity contribution in [2.45, 2.75) is 46.8 Å². The minimum Gasteiger partial charge on any atom is -0.433 e. The maximum absolute atomic E-state index is 12.8. The molecule has 0 spiro atoms. The van der Waals surface area contributed by atoms with Crippen molar-refractivity contribution in [3.63, 3.8) is 0 Å². The molecule has 11 N–H and O–H groups in total. The monoisotopic (exact) mass is 985 g/mol. The number of carbonyl (C=O) groups excluding carboxylic acids is 3. The first-order valence-corrected chi connectivity index (χ1v) is 19.9. The van der Waals surface area contributed by atoms with Crippen molar-refractivity contribution in [2.24, 2.45) is 0 Å². The molecule has 3 heterocycles. The highest BCUT2D eigenvalue weighted by Crippen LogP contribution is 2.25. The number of aromatic nitrogens is 6. The van der Waals surface area contributed by atoms with E-state index in [1.54, 1.807) is 38.1 Å². The normalized spacial score (nSPS) is 10.6. The number of urea groups is 3. The fraction of sp³-hybridized carbons (Fsp3) is 0.195. The molecule has 0 unspecified atom stereocenters. The number of hydrogen-bond acceptors (Lipinski definition) is 17. The zero-order valence-electron chi connectivity index (χ0n) is 37.1. The van der Waals surface area contributed by atoms with E-state index in [4.69, 9.17) is 26.9 Å². The van der Waals surface area contributed by atoms with Crippen LogP contribution in [0.15, 0.2) is 91.1 Å². The van der Waals surface area contributed by atoms with Crippen LogP contribution < -0.4 is 57.8 Å². The molecule has 3 aromatic heterocycles. The standard InChI is InChI=1S/C15H17F2N5O3.C14H15F2N5O3.C12H12ClN5O2/c1-9-8-12(22-24-3)20-13(18-9)21-14(23)19-10-4-6-11(7-5-10)25-15(2,16)17;1-8-7-11(21-23)19-12(17-8)20-13(22)18-9-3-5-10(6-4-9)24-14(2,15)16;1-7-2-3-8(6-9(7)13)15-12(19)17-11-14-5-4-10(16-11)18-20/h4-8H,1-3H3,(H3,18,19,20,21,22,23);3-7,23H,1-2H3,(H3,17,18,19,20,21,22);2-6,20H,1H3,(H3,14,15,16,17,18,19). The molecule has 28 heteroatoms. The first kappa shape index (κ1) is 53.2. The zero-order chi connectivity index (χ0) is 50.7. The second-order valence-electron chi connectivity index (χ2n) is 13.8. The Labute approximate surface area is 394 Å². The third-order valence-corrected chi connectivity index (χ3v) is 8.13. The van der Waals surface area contributed by atoms with Crippen molar-refractivity contribution in [3.8, 4) is 11.5 Å². The van der Waals surface area contributed by atoms with Crippen molar-refractivity contribution >= 4 is 82.1 Å². The summed E-state index contributed by atoms with van der Waals surface area (Å²) >= 11 is 5.96. The molecule has 0 aliphatic heterocycles. The SMILES string of the molecule is CONc1cc(C)nc(NC(=O)Nc2ccc(OC(C)(F)F)cc2)n1.Cc1cc(NO)nc(NC(=O)Nc2ccc(OC(C)(F)F)cc2)n1.Cc1ccc(NC(=O)Nc2nccc(NO)n2)cc1Cl. The third kappa shape index (κ3) is 19.9. The van der Waals surface area contributed by atoms with Gasteiger partial charge in [0.05, 0.1) is 7.11 Å². The minimum atomic E-state index is -3.28. The highest BCUT2D eigenvalue weighted by atomic mass is 35.5. The number of nitrogens with zero attached hydrogens (tertiary/aromatic N) is 6. The van der Waals surface area contributed by atoms with E-state index in [9.17, 15) is 31.9 Å². The van der Waals surface area contributed by atoms with Crippen LogP contribution in [0.4, 0.5) is 84.3 Å². The molecule has 23 nitrogen and oxygen atoms in total. The van der Waals surface area contributed by atoms with Crippen molar-refractivity contribution in [1.82, 2.24) is 29.9 Å². The average Bonchev–Trinajstić information content (AvgIpc) is 3.25. The average molecular weight is 986 g/mol. The number of benzene rings is 3. The van der Waals surface area contributed by atoms with Crippen molar-refractivity contribution in [1.29, 1.82) is 0 Å². The van der Waals surface area contributed by atoms with Crippen molar-refractivity contribution < 1.29 is 56.7 Å². The van der Waals surface area contributed by atoms with Gasteiger partial charge in [0.1, 0.15) is 11.5 Å². The summed E-state index contributed by atoms with van der Waals surface area (Å²) in [4.78, 5) is 63.9. The number of carbonyl (C=O) groups is 3. The van der Waals surface area contributed by atoms with E-state index in [2.05, 4.69) is 76.8 Å². The minimum absolute atomic E-state index is 0.0178. The summed E-state index contributed by atoms with van der Waals surface area (Å²) in [7, 11) is 1.43. The van der Waals surface area contributed by atoms with Crippen LogP contribution in [0.3, 0.4) is 0 Å². The lowest BCUT2D eigenvalue weighted by Gasteiger charge is -2.13. The lowest BCUT2D eigenvalue weighted by Crippen LogP contribution is -2.21. The Morgan fingerprint density at radius 2 is 0.971 bits per heavy atom. The lowest BCUT2D eigenvalue weighted by atomic mass is 10.2. The van der Waals surface area contributed by atoms with Gasteiger partial charge in [-0.1, -0.05) is 17.7 Å². The predicted octanol–water partition coefficient (Wildman–Crippen LogP) is 9.50. The van der Waals surface area contributed by atoms with E-state index in [1.807, 2.05) is 17.9 Å². The Morgan fingerprint density at radius 1 is 0.551 bits per heavy atom. The topological polar surface area (TPSA) is 305 Å². The van der Waals surface area contributed by atoms with E-state index in [0.717, 1.165) is 5.56 Å². The molecule has 366 valence electrons. The van der Waals surface area contributed by atoms with Crippen molar-refractivity contribution in [2.75, 3.05) is 55.5 Å². The summed E-state index contributed by atoms with van der Waals surface area (Å²) in [5, 5.41) is 33.0.